The molecule has 8 heteroatoms. The highest BCUT2D eigenvalue weighted by Crippen LogP contribution is 2.62. The first-order chi connectivity index (χ1) is 20.2. The molecule has 216 valence electrons. The molecule has 3 aromatic carbocycles. The van der Waals surface area contributed by atoms with Crippen molar-refractivity contribution in [3.05, 3.63) is 99.9 Å². The minimum absolute atomic E-state index is 0.0921. The molecule has 1 saturated carbocycles. The summed E-state index contributed by atoms with van der Waals surface area (Å²) in [5.41, 5.74) is 3.28. The van der Waals surface area contributed by atoms with Crippen molar-refractivity contribution >= 4 is 23.5 Å². The fourth-order valence-electron chi connectivity index (χ4n) is 7.71. The van der Waals surface area contributed by atoms with Crippen molar-refractivity contribution in [2.75, 3.05) is 18.4 Å². The number of likely N-dealkylation sites (tertiary alicyclic amines) is 2. The summed E-state index contributed by atoms with van der Waals surface area (Å²) in [6.07, 6.45) is 2.83. The molecule has 3 fully saturated rings. The van der Waals surface area contributed by atoms with Crippen molar-refractivity contribution in [2.24, 2.45) is 11.8 Å². The second-order valence-corrected chi connectivity index (χ2v) is 12.5. The van der Waals surface area contributed by atoms with Gasteiger partial charge in [-0.05, 0) is 79.5 Å². The van der Waals surface area contributed by atoms with E-state index in [1.807, 2.05) is 31.2 Å². The van der Waals surface area contributed by atoms with Gasteiger partial charge in [-0.1, -0.05) is 42.5 Å². The van der Waals surface area contributed by atoms with Crippen LogP contribution in [0.25, 0.3) is 0 Å². The fraction of sp³-hybridized carbons (Fsp3) is 0.382. The monoisotopic (exact) mass is 567 g/mol. The average molecular weight is 568 g/mol. The van der Waals surface area contributed by atoms with Crippen LogP contribution in [0.4, 0.5) is 10.1 Å². The summed E-state index contributed by atoms with van der Waals surface area (Å²) in [7, 11) is 0. The molecule has 4 aliphatic rings. The smallest absolute Gasteiger partial charge is 0.335 e. The third-order valence-electron chi connectivity index (χ3n) is 9.83. The number of amides is 2. The predicted octanol–water partition coefficient (Wildman–Crippen LogP) is 5.21. The van der Waals surface area contributed by atoms with Crippen molar-refractivity contribution in [3.63, 3.8) is 0 Å². The summed E-state index contributed by atoms with van der Waals surface area (Å²) in [6, 6.07) is 17.6. The van der Waals surface area contributed by atoms with Crippen LogP contribution in [0, 0.1) is 31.5 Å². The van der Waals surface area contributed by atoms with E-state index >= 15 is 4.39 Å². The topological polar surface area (TPSA) is 90.0 Å². The van der Waals surface area contributed by atoms with Crippen molar-refractivity contribution < 1.29 is 23.9 Å². The van der Waals surface area contributed by atoms with Gasteiger partial charge in [-0.15, -0.1) is 0 Å². The van der Waals surface area contributed by atoms with Gasteiger partial charge in [0.25, 0.3) is 0 Å². The summed E-state index contributed by atoms with van der Waals surface area (Å²) < 4.78 is 16.2. The lowest BCUT2D eigenvalue weighted by atomic mass is 9.69. The molecule has 0 aromatic heterocycles. The molecule has 2 N–H and O–H groups in total. The summed E-state index contributed by atoms with van der Waals surface area (Å²) in [6.45, 7) is 5.22. The quantitative estimate of drug-likeness (QED) is 0.427. The molecule has 2 amide bonds. The third-order valence-corrected chi connectivity index (χ3v) is 9.83. The predicted molar refractivity (Wildman–Crippen MR) is 156 cm³/mol. The number of halogens is 1. The zero-order valence-electron chi connectivity index (χ0n) is 23.8. The maximum Gasteiger partial charge on any atom is 0.335 e. The molecule has 1 spiro atoms. The Bertz CT molecular complexity index is 1620. The van der Waals surface area contributed by atoms with Gasteiger partial charge in [0.2, 0.25) is 11.8 Å². The Kier molecular flexibility index (Phi) is 6.24. The Morgan fingerprint density at radius 3 is 2.52 bits per heavy atom. The number of carboxylic acid groups (broad SMARTS) is 1. The summed E-state index contributed by atoms with van der Waals surface area (Å²) >= 11 is 0. The van der Waals surface area contributed by atoms with Gasteiger partial charge in [0.15, 0.2) is 0 Å². The molecule has 1 aliphatic carbocycles. The Balaban J connectivity index is 1.37. The first-order valence-corrected chi connectivity index (χ1v) is 14.8. The van der Waals surface area contributed by atoms with Crippen LogP contribution in [0.1, 0.15) is 63.4 Å². The SMILES string of the molecule is Cc1ccc2c(c1)NC(=O)[C@]21[C@@H](c2cccc(C)c2F)[C@@H]2C(=O)N(Cc3ccc(C(=O)O)cc3)CC[C@@H]2N1CC1CC1. The summed E-state index contributed by atoms with van der Waals surface area (Å²) in [5.74, 6) is -2.53. The van der Waals surface area contributed by atoms with Crippen molar-refractivity contribution in [3.8, 4) is 0 Å². The number of nitrogens with one attached hydrogen (secondary N) is 1. The lowest BCUT2D eigenvalue weighted by molar-refractivity contribution is -0.141. The van der Waals surface area contributed by atoms with Crippen LogP contribution in [-0.2, 0) is 21.7 Å². The van der Waals surface area contributed by atoms with E-state index in [2.05, 4.69) is 10.2 Å². The lowest BCUT2D eigenvalue weighted by Gasteiger charge is -2.40. The molecule has 0 unspecified atom stereocenters. The van der Waals surface area contributed by atoms with Crippen molar-refractivity contribution in [1.82, 2.24) is 9.80 Å². The normalized spacial score (nSPS) is 26.8. The zero-order chi connectivity index (χ0) is 29.3. The maximum atomic E-state index is 16.2. The van der Waals surface area contributed by atoms with Crippen LogP contribution in [0.3, 0.4) is 0 Å². The molecule has 2 saturated heterocycles. The number of carboxylic acids is 1. The highest BCUT2D eigenvalue weighted by Gasteiger charge is 2.69. The van der Waals surface area contributed by atoms with Crippen LogP contribution in [0.2, 0.25) is 0 Å². The van der Waals surface area contributed by atoms with E-state index in [4.69, 9.17) is 0 Å². The van der Waals surface area contributed by atoms with Crippen molar-refractivity contribution in [1.29, 1.82) is 0 Å². The Hall–Kier alpha value is -4.04. The largest absolute Gasteiger partial charge is 0.478 e. The number of rotatable bonds is 6. The number of hydrogen-bond donors (Lipinski definition) is 2. The van der Waals surface area contributed by atoms with E-state index in [0.29, 0.717) is 43.1 Å². The van der Waals surface area contributed by atoms with E-state index in [-0.39, 0.29) is 29.2 Å². The number of carbonyl (C=O) groups excluding carboxylic acids is 2. The van der Waals surface area contributed by atoms with E-state index < -0.39 is 23.3 Å². The number of aryl methyl sites for hydroxylation is 2. The van der Waals surface area contributed by atoms with Crippen LogP contribution >= 0.6 is 0 Å². The summed E-state index contributed by atoms with van der Waals surface area (Å²) in [5, 5.41) is 12.4. The van der Waals surface area contributed by atoms with Crippen LogP contribution in [0.15, 0.2) is 60.7 Å². The number of carbonyl (C=O) groups is 3. The maximum absolute atomic E-state index is 16.2. The van der Waals surface area contributed by atoms with Gasteiger partial charge in [-0.2, -0.15) is 0 Å². The summed E-state index contributed by atoms with van der Waals surface area (Å²) in [4.78, 5) is 44.4. The Morgan fingerprint density at radius 2 is 1.81 bits per heavy atom. The van der Waals surface area contributed by atoms with E-state index in [1.165, 1.54) is 0 Å². The second kappa shape index (κ2) is 9.76. The molecule has 3 aliphatic heterocycles. The van der Waals surface area contributed by atoms with E-state index in [1.54, 1.807) is 48.2 Å². The second-order valence-electron chi connectivity index (χ2n) is 12.5. The number of nitrogens with zero attached hydrogens (tertiary/aromatic N) is 2. The number of aromatic carboxylic acids is 1. The molecular weight excluding hydrogens is 533 g/mol. The number of hydrogen-bond acceptors (Lipinski definition) is 4. The van der Waals surface area contributed by atoms with Gasteiger partial charge in [0.1, 0.15) is 11.4 Å². The first kappa shape index (κ1) is 26.8. The van der Waals surface area contributed by atoms with Crippen LogP contribution < -0.4 is 5.32 Å². The van der Waals surface area contributed by atoms with E-state index in [0.717, 1.165) is 35.2 Å². The van der Waals surface area contributed by atoms with Gasteiger partial charge in [-0.3, -0.25) is 14.5 Å². The molecule has 4 atom stereocenters. The molecule has 7 nitrogen and oxygen atoms in total. The van der Waals surface area contributed by atoms with E-state index in [9.17, 15) is 19.5 Å². The molecule has 0 bridgehead atoms. The lowest BCUT2D eigenvalue weighted by Crippen LogP contribution is -2.54. The molecule has 7 rings (SSSR count). The van der Waals surface area contributed by atoms with Gasteiger partial charge in [-0.25, -0.2) is 9.18 Å². The Morgan fingerprint density at radius 1 is 1.05 bits per heavy atom. The number of piperidine rings is 1. The van der Waals surface area contributed by atoms with Gasteiger partial charge < -0.3 is 15.3 Å². The van der Waals surface area contributed by atoms with Gasteiger partial charge in [0, 0.05) is 42.8 Å². The fourth-order valence-corrected chi connectivity index (χ4v) is 7.71. The minimum Gasteiger partial charge on any atom is -0.478 e. The zero-order valence-corrected chi connectivity index (χ0v) is 23.8. The average Bonchev–Trinajstić information content (AvgIpc) is 3.68. The molecule has 3 heterocycles. The van der Waals surface area contributed by atoms with Crippen molar-refractivity contribution in [2.45, 2.75) is 57.2 Å². The minimum atomic E-state index is -1.20. The van der Waals surface area contributed by atoms with Gasteiger partial charge in [0.05, 0.1) is 11.5 Å². The number of benzene rings is 3. The number of fused-ring (bicyclic) bond motifs is 3. The van der Waals surface area contributed by atoms with Gasteiger partial charge >= 0.3 is 5.97 Å². The highest BCUT2D eigenvalue weighted by atomic mass is 19.1. The van der Waals surface area contributed by atoms with Crippen LogP contribution in [-0.4, -0.2) is 51.8 Å². The molecule has 42 heavy (non-hydrogen) atoms. The molecular formula is C34H34FN3O4. The molecule has 0 radical (unpaired) electrons. The molecule has 3 aromatic rings. The Labute approximate surface area is 244 Å². The standard InChI is InChI=1S/C34H34FN3O4/c1-19-6-13-25-26(16-19)36-33(42)34(25)29(24-5-3-4-20(2)30(24)35)28-27(38(34)18-22-7-8-22)14-15-37(31(28)39)17-21-9-11-23(12-10-21)32(40)41/h3-6,9-13,16,22,27-29H,7-8,14-15,17-18H2,1-2H3,(H,36,42)(H,40,41)/t27-,28+,29-,34+/m0/s1. The highest BCUT2D eigenvalue weighted by molar-refractivity contribution is 6.08. The number of anilines is 1. The first-order valence-electron chi connectivity index (χ1n) is 14.8. The van der Waals surface area contributed by atoms with Crippen LogP contribution in [0.5, 0.6) is 0 Å². The third kappa shape index (κ3) is 3.99.